The Morgan fingerprint density at radius 3 is 2.70 bits per heavy atom. The van der Waals surface area contributed by atoms with Crippen molar-refractivity contribution in [1.82, 2.24) is 25.0 Å². The van der Waals surface area contributed by atoms with Crippen LogP contribution in [0, 0.1) is 0 Å². The van der Waals surface area contributed by atoms with Crippen molar-refractivity contribution in [3.8, 4) is 0 Å². The van der Waals surface area contributed by atoms with Gasteiger partial charge in [-0.2, -0.15) is 0 Å². The average molecular weight is 405 g/mol. The third kappa shape index (κ3) is 4.57. The molecule has 0 spiro atoms. The van der Waals surface area contributed by atoms with Gasteiger partial charge in [-0.3, -0.25) is 10.1 Å². The Balaban J connectivity index is 1.32. The van der Waals surface area contributed by atoms with Crippen LogP contribution in [0.2, 0.25) is 0 Å². The van der Waals surface area contributed by atoms with Gasteiger partial charge in [-0.25, -0.2) is 0 Å². The summed E-state index contributed by atoms with van der Waals surface area (Å²) < 4.78 is 2.06. The SMILES string of the molecule is C=CCn1c(SCC(=O)Nc2nnc(C3CCCCC3)s2)nnc1C1CC1. The lowest BCUT2D eigenvalue weighted by Crippen LogP contribution is -2.14. The van der Waals surface area contributed by atoms with Crippen LogP contribution in [0.4, 0.5) is 5.13 Å². The molecule has 0 atom stereocenters. The van der Waals surface area contributed by atoms with Crippen LogP contribution in [0.1, 0.15) is 67.6 Å². The number of rotatable bonds is 8. The fourth-order valence-electron chi connectivity index (χ4n) is 3.44. The third-order valence-electron chi connectivity index (χ3n) is 4.97. The summed E-state index contributed by atoms with van der Waals surface area (Å²) in [5, 5.41) is 22.3. The summed E-state index contributed by atoms with van der Waals surface area (Å²) in [4.78, 5) is 12.3. The van der Waals surface area contributed by atoms with E-state index in [1.54, 1.807) is 0 Å². The summed E-state index contributed by atoms with van der Waals surface area (Å²) in [5.41, 5.74) is 0. The molecule has 2 aliphatic rings. The number of aromatic nitrogens is 5. The average Bonchev–Trinajstić information content (AvgIpc) is 3.29. The van der Waals surface area contributed by atoms with E-state index < -0.39 is 0 Å². The summed E-state index contributed by atoms with van der Waals surface area (Å²) in [7, 11) is 0. The first-order valence-corrected chi connectivity index (χ1v) is 11.3. The molecule has 0 unspecified atom stereocenters. The molecule has 4 rings (SSSR count). The molecule has 2 saturated carbocycles. The largest absolute Gasteiger partial charge is 0.302 e. The zero-order valence-corrected chi connectivity index (χ0v) is 16.9. The molecular formula is C18H24N6OS2. The Bertz CT molecular complexity index is 807. The number of carbonyl (C=O) groups is 1. The van der Waals surface area contributed by atoms with Gasteiger partial charge in [0.1, 0.15) is 10.8 Å². The first-order chi connectivity index (χ1) is 13.2. The minimum absolute atomic E-state index is 0.0903. The number of nitrogens with zero attached hydrogens (tertiary/aromatic N) is 5. The van der Waals surface area contributed by atoms with Gasteiger partial charge in [-0.1, -0.05) is 48.4 Å². The number of nitrogens with one attached hydrogen (secondary N) is 1. The summed E-state index contributed by atoms with van der Waals surface area (Å²) >= 11 is 2.91. The maximum Gasteiger partial charge on any atom is 0.236 e. The van der Waals surface area contributed by atoms with E-state index in [9.17, 15) is 4.79 Å². The number of amides is 1. The van der Waals surface area contributed by atoms with Crippen molar-refractivity contribution in [1.29, 1.82) is 0 Å². The lowest BCUT2D eigenvalue weighted by molar-refractivity contribution is -0.113. The van der Waals surface area contributed by atoms with Crippen LogP contribution < -0.4 is 5.32 Å². The van der Waals surface area contributed by atoms with Gasteiger partial charge < -0.3 is 4.57 Å². The molecule has 2 aromatic heterocycles. The van der Waals surface area contributed by atoms with Crippen LogP contribution in [-0.4, -0.2) is 36.6 Å². The van der Waals surface area contributed by atoms with Crippen molar-refractivity contribution >= 4 is 34.1 Å². The standard InChI is InChI=1S/C18H24N6OS2/c1-2-10-24-15(12-8-9-12)20-23-18(24)26-11-14(25)19-17-22-21-16(27-17)13-6-4-3-5-7-13/h2,12-13H,1,3-11H2,(H,19,22,25). The Kier molecular flexibility index (Phi) is 5.87. The first-order valence-electron chi connectivity index (χ1n) is 9.54. The van der Waals surface area contributed by atoms with E-state index >= 15 is 0 Å². The van der Waals surface area contributed by atoms with Gasteiger partial charge in [0.05, 0.1) is 5.75 Å². The van der Waals surface area contributed by atoms with Crippen LogP contribution in [0.5, 0.6) is 0 Å². The molecule has 2 heterocycles. The normalized spacial score (nSPS) is 17.8. The highest BCUT2D eigenvalue weighted by Crippen LogP contribution is 2.40. The topological polar surface area (TPSA) is 85.6 Å². The van der Waals surface area contributed by atoms with Crippen LogP contribution >= 0.6 is 23.1 Å². The highest BCUT2D eigenvalue weighted by Gasteiger charge is 2.30. The Morgan fingerprint density at radius 2 is 1.96 bits per heavy atom. The van der Waals surface area contributed by atoms with E-state index in [0.717, 1.165) is 16.0 Å². The molecule has 1 amide bonds. The number of thioether (sulfide) groups is 1. The molecule has 0 bridgehead atoms. The van der Waals surface area contributed by atoms with Crippen molar-refractivity contribution < 1.29 is 4.79 Å². The predicted octanol–water partition coefficient (Wildman–Crippen LogP) is 3.97. The molecular weight excluding hydrogens is 380 g/mol. The highest BCUT2D eigenvalue weighted by molar-refractivity contribution is 7.99. The fraction of sp³-hybridized carbons (Fsp3) is 0.611. The molecule has 2 aromatic rings. The van der Waals surface area contributed by atoms with Crippen molar-refractivity contribution in [2.24, 2.45) is 0 Å². The van der Waals surface area contributed by atoms with Gasteiger partial charge >= 0.3 is 0 Å². The van der Waals surface area contributed by atoms with Crippen molar-refractivity contribution in [3.63, 3.8) is 0 Å². The number of anilines is 1. The quantitative estimate of drug-likeness (QED) is 0.529. The second-order valence-corrected chi connectivity index (χ2v) is 9.08. The second-order valence-electron chi connectivity index (χ2n) is 7.13. The third-order valence-corrected chi connectivity index (χ3v) is 6.94. The highest BCUT2D eigenvalue weighted by atomic mass is 32.2. The monoisotopic (exact) mass is 404 g/mol. The fourth-order valence-corrected chi connectivity index (χ4v) is 5.12. The Hall–Kier alpha value is -1.74. The summed E-state index contributed by atoms with van der Waals surface area (Å²) in [6, 6.07) is 0. The molecule has 0 aliphatic heterocycles. The van der Waals surface area contributed by atoms with Crippen molar-refractivity contribution in [2.45, 2.75) is 68.5 Å². The summed E-state index contributed by atoms with van der Waals surface area (Å²) in [6.45, 7) is 4.48. The molecule has 144 valence electrons. The Labute approximate surface area is 167 Å². The van der Waals surface area contributed by atoms with E-state index in [1.807, 2.05) is 6.08 Å². The van der Waals surface area contributed by atoms with Crippen molar-refractivity contribution in [2.75, 3.05) is 11.1 Å². The van der Waals surface area contributed by atoms with E-state index in [2.05, 4.69) is 36.9 Å². The zero-order chi connectivity index (χ0) is 18.6. The molecule has 9 heteroatoms. The maximum atomic E-state index is 12.3. The lowest BCUT2D eigenvalue weighted by atomic mass is 9.90. The van der Waals surface area contributed by atoms with Gasteiger partial charge in [0.25, 0.3) is 0 Å². The predicted molar refractivity (Wildman–Crippen MR) is 107 cm³/mol. The number of allylic oxidation sites excluding steroid dienone is 1. The van der Waals surface area contributed by atoms with Gasteiger partial charge in [-0.05, 0) is 25.7 Å². The molecule has 2 fully saturated rings. The van der Waals surface area contributed by atoms with E-state index in [-0.39, 0.29) is 11.7 Å². The first kappa shape index (κ1) is 18.6. The van der Waals surface area contributed by atoms with E-state index in [0.29, 0.717) is 23.5 Å². The second kappa shape index (κ2) is 8.52. The molecule has 0 radical (unpaired) electrons. The number of hydrogen-bond donors (Lipinski definition) is 1. The van der Waals surface area contributed by atoms with E-state index in [1.165, 1.54) is 68.0 Å². The smallest absolute Gasteiger partial charge is 0.236 e. The zero-order valence-electron chi connectivity index (χ0n) is 15.3. The van der Waals surface area contributed by atoms with Gasteiger partial charge in [0, 0.05) is 18.4 Å². The van der Waals surface area contributed by atoms with Gasteiger partial charge in [0.2, 0.25) is 11.0 Å². The van der Waals surface area contributed by atoms with Gasteiger partial charge in [0.15, 0.2) is 5.16 Å². The summed E-state index contributed by atoms with van der Waals surface area (Å²) in [5.74, 6) is 2.22. The Morgan fingerprint density at radius 1 is 1.15 bits per heavy atom. The molecule has 0 saturated heterocycles. The van der Waals surface area contributed by atoms with Crippen LogP contribution in [0.25, 0.3) is 0 Å². The molecule has 2 aliphatic carbocycles. The summed E-state index contributed by atoms with van der Waals surface area (Å²) in [6.07, 6.45) is 10.4. The molecule has 1 N–H and O–H groups in total. The molecule has 0 aromatic carbocycles. The van der Waals surface area contributed by atoms with Gasteiger partial charge in [-0.15, -0.1) is 27.0 Å². The van der Waals surface area contributed by atoms with Crippen LogP contribution in [0.15, 0.2) is 17.8 Å². The lowest BCUT2D eigenvalue weighted by Gasteiger charge is -2.18. The minimum atomic E-state index is -0.0903. The molecule has 7 nitrogen and oxygen atoms in total. The number of hydrogen-bond acceptors (Lipinski definition) is 7. The van der Waals surface area contributed by atoms with Crippen molar-refractivity contribution in [3.05, 3.63) is 23.5 Å². The maximum absolute atomic E-state index is 12.3. The number of carbonyl (C=O) groups excluding carboxylic acids is 1. The minimum Gasteiger partial charge on any atom is -0.302 e. The van der Waals surface area contributed by atoms with Crippen LogP contribution in [-0.2, 0) is 11.3 Å². The van der Waals surface area contributed by atoms with E-state index in [4.69, 9.17) is 0 Å². The molecule has 27 heavy (non-hydrogen) atoms. The van der Waals surface area contributed by atoms with Crippen LogP contribution in [0.3, 0.4) is 0 Å².